The highest BCUT2D eigenvalue weighted by Crippen LogP contribution is 2.34. The second-order valence-electron chi connectivity index (χ2n) is 6.17. The molecule has 1 aliphatic heterocycles. The smallest absolute Gasteiger partial charge is 0.324 e. The molecule has 6 heteroatoms. The van der Waals surface area contributed by atoms with Crippen molar-refractivity contribution in [3.05, 3.63) is 29.8 Å². The highest BCUT2D eigenvalue weighted by molar-refractivity contribution is 6.10. The Labute approximate surface area is 135 Å². The maximum Gasteiger partial charge on any atom is 0.325 e. The van der Waals surface area contributed by atoms with Crippen LogP contribution in [0.25, 0.3) is 0 Å². The molecular weight excluding hydrogens is 294 g/mol. The third kappa shape index (κ3) is 2.81. The summed E-state index contributed by atoms with van der Waals surface area (Å²) in [6.07, 6.45) is 3.97. The number of anilines is 1. The Morgan fingerprint density at radius 2 is 1.96 bits per heavy atom. The number of nitrogens with one attached hydrogen (secondary N) is 2. The van der Waals surface area contributed by atoms with Crippen molar-refractivity contribution < 1.29 is 14.4 Å². The molecule has 1 aromatic carbocycles. The van der Waals surface area contributed by atoms with Crippen molar-refractivity contribution in [1.29, 1.82) is 0 Å². The number of amides is 4. The van der Waals surface area contributed by atoms with Crippen molar-refractivity contribution in [3.8, 4) is 0 Å². The van der Waals surface area contributed by atoms with Gasteiger partial charge in [-0.15, -0.1) is 0 Å². The van der Waals surface area contributed by atoms with Gasteiger partial charge >= 0.3 is 6.03 Å². The van der Waals surface area contributed by atoms with Gasteiger partial charge in [0.15, 0.2) is 0 Å². The minimum atomic E-state index is -0.765. The Kier molecular flexibility index (Phi) is 4.07. The summed E-state index contributed by atoms with van der Waals surface area (Å²) in [4.78, 5) is 37.9. The van der Waals surface area contributed by atoms with Gasteiger partial charge in [0.1, 0.15) is 12.1 Å². The molecule has 1 aliphatic carbocycles. The maximum absolute atomic E-state index is 12.5. The molecule has 4 amide bonds. The monoisotopic (exact) mass is 315 g/mol. The van der Waals surface area contributed by atoms with E-state index < -0.39 is 11.6 Å². The predicted octanol–water partition coefficient (Wildman–Crippen LogP) is 2.05. The zero-order valence-electron chi connectivity index (χ0n) is 13.2. The van der Waals surface area contributed by atoms with Gasteiger partial charge in [-0.1, -0.05) is 38.0 Å². The molecule has 1 aromatic rings. The summed E-state index contributed by atoms with van der Waals surface area (Å²) in [6.45, 7) is 1.76. The molecule has 1 spiro atoms. The van der Waals surface area contributed by atoms with Gasteiger partial charge < -0.3 is 10.6 Å². The molecule has 1 saturated heterocycles. The summed E-state index contributed by atoms with van der Waals surface area (Å²) in [5.74, 6) is -0.622. The van der Waals surface area contributed by atoms with Crippen molar-refractivity contribution in [1.82, 2.24) is 10.2 Å². The van der Waals surface area contributed by atoms with E-state index in [0.717, 1.165) is 35.4 Å². The zero-order valence-corrected chi connectivity index (χ0v) is 13.2. The fourth-order valence-corrected chi connectivity index (χ4v) is 3.42. The Bertz CT molecular complexity index is 650. The molecule has 1 heterocycles. The van der Waals surface area contributed by atoms with E-state index in [-0.39, 0.29) is 18.4 Å². The van der Waals surface area contributed by atoms with Gasteiger partial charge in [0, 0.05) is 5.69 Å². The zero-order chi connectivity index (χ0) is 16.4. The lowest BCUT2D eigenvalue weighted by Gasteiger charge is -2.20. The van der Waals surface area contributed by atoms with Crippen LogP contribution in [0.15, 0.2) is 24.3 Å². The van der Waals surface area contributed by atoms with Crippen molar-refractivity contribution in [2.45, 2.75) is 44.6 Å². The van der Waals surface area contributed by atoms with Crippen molar-refractivity contribution >= 4 is 23.5 Å². The maximum atomic E-state index is 12.5. The standard InChI is InChI=1S/C17H21N3O3/c1-2-12-7-3-4-8-13(12)18-14(21)11-20-15(22)17(19-16(20)23)9-5-6-10-17/h3-4,7-8H,2,5-6,9-11H2,1H3,(H,18,21)(H,19,23). The Morgan fingerprint density at radius 1 is 1.26 bits per heavy atom. The first-order valence-electron chi connectivity index (χ1n) is 8.07. The molecule has 6 nitrogen and oxygen atoms in total. The lowest BCUT2D eigenvalue weighted by molar-refractivity contribution is -0.133. The van der Waals surface area contributed by atoms with E-state index in [1.807, 2.05) is 31.2 Å². The molecule has 0 unspecified atom stereocenters. The molecule has 2 aliphatic rings. The Balaban J connectivity index is 1.68. The second-order valence-corrected chi connectivity index (χ2v) is 6.17. The number of nitrogens with zero attached hydrogens (tertiary/aromatic N) is 1. The fraction of sp³-hybridized carbons (Fsp3) is 0.471. The van der Waals surface area contributed by atoms with E-state index in [2.05, 4.69) is 10.6 Å². The van der Waals surface area contributed by atoms with E-state index in [4.69, 9.17) is 0 Å². The minimum Gasteiger partial charge on any atom is -0.324 e. The summed E-state index contributed by atoms with van der Waals surface area (Å²) in [6, 6.07) is 7.06. The first-order valence-corrected chi connectivity index (χ1v) is 8.07. The first-order chi connectivity index (χ1) is 11.1. The average molecular weight is 315 g/mol. The number of carbonyl (C=O) groups excluding carboxylic acids is 3. The van der Waals surface area contributed by atoms with Gasteiger partial charge in [-0.3, -0.25) is 14.5 Å². The third-order valence-electron chi connectivity index (χ3n) is 4.68. The summed E-state index contributed by atoms with van der Waals surface area (Å²) in [5, 5.41) is 5.57. The molecule has 2 N–H and O–H groups in total. The van der Waals surface area contributed by atoms with Gasteiger partial charge in [0.05, 0.1) is 0 Å². The second kappa shape index (κ2) is 6.02. The number of urea groups is 1. The molecule has 0 atom stereocenters. The summed E-state index contributed by atoms with van der Waals surface area (Å²) in [7, 11) is 0. The van der Waals surface area contributed by atoms with Gasteiger partial charge in [0.25, 0.3) is 5.91 Å². The number of hydrogen-bond donors (Lipinski definition) is 2. The number of imide groups is 1. The third-order valence-corrected chi connectivity index (χ3v) is 4.68. The van der Waals surface area contributed by atoms with Gasteiger partial charge in [-0.2, -0.15) is 0 Å². The van der Waals surface area contributed by atoms with Crippen molar-refractivity contribution in [2.75, 3.05) is 11.9 Å². The van der Waals surface area contributed by atoms with E-state index >= 15 is 0 Å². The van der Waals surface area contributed by atoms with E-state index in [0.29, 0.717) is 12.8 Å². The van der Waals surface area contributed by atoms with Crippen LogP contribution in [0.1, 0.15) is 38.2 Å². The molecule has 23 heavy (non-hydrogen) atoms. The van der Waals surface area contributed by atoms with E-state index in [1.165, 1.54) is 0 Å². The van der Waals surface area contributed by atoms with Crippen LogP contribution < -0.4 is 10.6 Å². The van der Waals surface area contributed by atoms with Gasteiger partial charge in [0.2, 0.25) is 5.91 Å². The highest BCUT2D eigenvalue weighted by Gasteiger charge is 2.52. The largest absolute Gasteiger partial charge is 0.325 e. The molecule has 1 saturated carbocycles. The highest BCUT2D eigenvalue weighted by atomic mass is 16.2. The number of aryl methyl sites for hydroxylation is 1. The van der Waals surface area contributed by atoms with Crippen LogP contribution >= 0.6 is 0 Å². The van der Waals surface area contributed by atoms with E-state index in [1.54, 1.807) is 0 Å². The molecule has 122 valence electrons. The number of rotatable bonds is 4. The Hall–Kier alpha value is -2.37. The van der Waals surface area contributed by atoms with Gasteiger partial charge in [-0.05, 0) is 30.9 Å². The summed E-state index contributed by atoms with van der Waals surface area (Å²) < 4.78 is 0. The summed E-state index contributed by atoms with van der Waals surface area (Å²) in [5.41, 5.74) is 0.978. The summed E-state index contributed by atoms with van der Waals surface area (Å²) >= 11 is 0. The Morgan fingerprint density at radius 3 is 2.65 bits per heavy atom. The van der Waals surface area contributed by atoms with Gasteiger partial charge in [-0.25, -0.2) is 4.79 Å². The fourth-order valence-electron chi connectivity index (χ4n) is 3.42. The number of hydrogen-bond acceptors (Lipinski definition) is 3. The molecular formula is C17H21N3O3. The normalized spacial score (nSPS) is 19.3. The average Bonchev–Trinajstić information content (AvgIpc) is 3.09. The quantitative estimate of drug-likeness (QED) is 0.835. The topological polar surface area (TPSA) is 78.5 Å². The number of benzene rings is 1. The SMILES string of the molecule is CCc1ccccc1NC(=O)CN1C(=O)NC2(CCCC2)C1=O. The lowest BCUT2D eigenvalue weighted by atomic mass is 9.98. The molecule has 2 fully saturated rings. The first kappa shape index (κ1) is 15.5. The molecule has 3 rings (SSSR count). The van der Waals surface area contributed by atoms with Crippen LogP contribution in [0.3, 0.4) is 0 Å². The van der Waals surface area contributed by atoms with Crippen LogP contribution in [0.4, 0.5) is 10.5 Å². The van der Waals surface area contributed by atoms with E-state index in [9.17, 15) is 14.4 Å². The van der Waals surface area contributed by atoms with Crippen LogP contribution in [-0.2, 0) is 16.0 Å². The number of para-hydroxylation sites is 1. The molecule has 0 bridgehead atoms. The molecule has 0 aromatic heterocycles. The molecule has 0 radical (unpaired) electrons. The van der Waals surface area contributed by atoms with Crippen LogP contribution in [-0.4, -0.2) is 34.8 Å². The lowest BCUT2D eigenvalue weighted by Crippen LogP contribution is -2.44. The van der Waals surface area contributed by atoms with Crippen molar-refractivity contribution in [2.24, 2.45) is 0 Å². The van der Waals surface area contributed by atoms with Crippen LogP contribution in [0.5, 0.6) is 0 Å². The van der Waals surface area contributed by atoms with Crippen molar-refractivity contribution in [3.63, 3.8) is 0 Å². The minimum absolute atomic E-state index is 0.246. The van der Waals surface area contributed by atoms with Crippen LogP contribution in [0, 0.1) is 0 Å². The van der Waals surface area contributed by atoms with Crippen LogP contribution in [0.2, 0.25) is 0 Å². The number of carbonyl (C=O) groups is 3. The predicted molar refractivity (Wildman–Crippen MR) is 85.9 cm³/mol.